The molecule has 0 spiro atoms. The van der Waals surface area contributed by atoms with Gasteiger partial charge in [-0.05, 0) is 18.4 Å². The molecule has 1 aromatic heterocycles. The Morgan fingerprint density at radius 3 is 2.74 bits per heavy atom. The Bertz CT molecular complexity index is 705. The first-order valence-electron chi connectivity index (χ1n) is 7.38. The van der Waals surface area contributed by atoms with Gasteiger partial charge in [-0.15, -0.1) is 11.3 Å². The van der Waals surface area contributed by atoms with E-state index in [0.29, 0.717) is 23.6 Å². The van der Waals surface area contributed by atoms with Crippen LogP contribution in [0.3, 0.4) is 0 Å². The predicted octanol–water partition coefficient (Wildman–Crippen LogP) is 3.32. The Kier molecular flexibility index (Phi) is 4.73. The quantitative estimate of drug-likeness (QED) is 0.873. The van der Waals surface area contributed by atoms with Crippen LogP contribution in [0.25, 0.3) is 11.1 Å². The molecule has 1 amide bonds. The molecule has 1 aliphatic rings. The van der Waals surface area contributed by atoms with Crippen LogP contribution in [-0.2, 0) is 14.3 Å². The molecule has 1 aliphatic heterocycles. The molecule has 5 nitrogen and oxygen atoms in total. The van der Waals surface area contributed by atoms with Crippen molar-refractivity contribution in [2.75, 3.05) is 19.0 Å². The molecule has 1 saturated heterocycles. The molecule has 0 bridgehead atoms. The number of hydrogen-bond donors (Lipinski definition) is 1. The Morgan fingerprint density at radius 2 is 2.09 bits per heavy atom. The van der Waals surface area contributed by atoms with Crippen LogP contribution in [0, 0.1) is 0 Å². The number of nitrogens with one attached hydrogen (secondary N) is 1. The fourth-order valence-corrected chi connectivity index (χ4v) is 3.52. The highest BCUT2D eigenvalue weighted by atomic mass is 32.1. The van der Waals surface area contributed by atoms with Gasteiger partial charge < -0.3 is 14.8 Å². The number of carbonyl (C=O) groups excluding carboxylic acids is 2. The summed E-state index contributed by atoms with van der Waals surface area (Å²) in [7, 11) is 1.33. The first-order chi connectivity index (χ1) is 11.2. The van der Waals surface area contributed by atoms with Crippen molar-refractivity contribution in [2.24, 2.45) is 0 Å². The zero-order valence-corrected chi connectivity index (χ0v) is 13.5. The molecule has 1 N–H and O–H groups in total. The van der Waals surface area contributed by atoms with Crippen molar-refractivity contribution in [1.29, 1.82) is 0 Å². The molecule has 0 aliphatic carbocycles. The number of ether oxygens (including phenoxy) is 2. The number of rotatable bonds is 4. The zero-order valence-electron chi connectivity index (χ0n) is 12.7. The Morgan fingerprint density at radius 1 is 1.30 bits per heavy atom. The van der Waals surface area contributed by atoms with Gasteiger partial charge in [-0.2, -0.15) is 0 Å². The maximum absolute atomic E-state index is 12.2. The first kappa shape index (κ1) is 15.7. The molecule has 120 valence electrons. The maximum atomic E-state index is 12.2. The van der Waals surface area contributed by atoms with Gasteiger partial charge in [-0.1, -0.05) is 30.3 Å². The maximum Gasteiger partial charge on any atom is 0.341 e. The van der Waals surface area contributed by atoms with E-state index in [-0.39, 0.29) is 5.91 Å². The summed E-state index contributed by atoms with van der Waals surface area (Å²) in [6, 6.07) is 9.55. The van der Waals surface area contributed by atoms with E-state index in [1.54, 1.807) is 0 Å². The van der Waals surface area contributed by atoms with Crippen LogP contribution >= 0.6 is 11.3 Å². The van der Waals surface area contributed by atoms with Gasteiger partial charge in [0.25, 0.3) is 5.91 Å². The predicted molar refractivity (Wildman–Crippen MR) is 88.7 cm³/mol. The molecule has 23 heavy (non-hydrogen) atoms. The van der Waals surface area contributed by atoms with Gasteiger partial charge in [0, 0.05) is 17.6 Å². The summed E-state index contributed by atoms with van der Waals surface area (Å²) in [4.78, 5) is 24.4. The third-order valence-corrected chi connectivity index (χ3v) is 4.62. The van der Waals surface area contributed by atoms with Crippen LogP contribution in [0.2, 0.25) is 0 Å². The Hall–Kier alpha value is -2.18. The number of methoxy groups -OCH3 is 1. The number of benzene rings is 1. The summed E-state index contributed by atoms with van der Waals surface area (Å²) in [6.07, 6.45) is 1.14. The fourth-order valence-electron chi connectivity index (χ4n) is 2.56. The minimum absolute atomic E-state index is 0.214. The van der Waals surface area contributed by atoms with Gasteiger partial charge in [0.2, 0.25) is 0 Å². The highest BCUT2D eigenvalue weighted by Gasteiger charge is 2.27. The number of hydrogen-bond acceptors (Lipinski definition) is 5. The molecule has 6 heteroatoms. The molecule has 0 radical (unpaired) electrons. The van der Waals surface area contributed by atoms with Crippen molar-refractivity contribution in [1.82, 2.24) is 0 Å². The minimum atomic E-state index is -0.465. The SMILES string of the molecule is COC(=O)c1c(-c2ccccc2)csc1NC(=O)C1CCCO1. The molecule has 2 aromatic rings. The molecule has 1 fully saturated rings. The largest absolute Gasteiger partial charge is 0.465 e. The molecule has 3 rings (SSSR count). The lowest BCUT2D eigenvalue weighted by molar-refractivity contribution is -0.124. The molecule has 1 aromatic carbocycles. The third-order valence-electron chi connectivity index (χ3n) is 3.72. The van der Waals surface area contributed by atoms with E-state index in [1.165, 1.54) is 18.4 Å². The summed E-state index contributed by atoms with van der Waals surface area (Å²) in [6.45, 7) is 0.599. The summed E-state index contributed by atoms with van der Waals surface area (Å²) in [5, 5.41) is 5.16. The average molecular weight is 331 g/mol. The molecule has 1 unspecified atom stereocenters. The van der Waals surface area contributed by atoms with Crippen molar-refractivity contribution in [3.05, 3.63) is 41.3 Å². The van der Waals surface area contributed by atoms with Crippen LogP contribution in [0.4, 0.5) is 5.00 Å². The molecule has 1 atom stereocenters. The first-order valence-corrected chi connectivity index (χ1v) is 8.26. The van der Waals surface area contributed by atoms with Gasteiger partial charge in [-0.25, -0.2) is 4.79 Å². The second kappa shape index (κ2) is 6.93. The van der Waals surface area contributed by atoms with Crippen LogP contribution in [0.5, 0.6) is 0 Å². The second-order valence-electron chi connectivity index (χ2n) is 5.20. The lowest BCUT2D eigenvalue weighted by Crippen LogP contribution is -2.27. The summed E-state index contributed by atoms with van der Waals surface area (Å²) in [5.41, 5.74) is 2.04. The van der Waals surface area contributed by atoms with E-state index in [4.69, 9.17) is 9.47 Å². The van der Waals surface area contributed by atoms with E-state index < -0.39 is 12.1 Å². The smallest absolute Gasteiger partial charge is 0.341 e. The van der Waals surface area contributed by atoms with Crippen molar-refractivity contribution >= 4 is 28.2 Å². The Balaban J connectivity index is 1.92. The number of carbonyl (C=O) groups is 2. The standard InChI is InChI=1S/C17H17NO4S/c1-21-17(20)14-12(11-6-3-2-4-7-11)10-23-16(14)18-15(19)13-8-5-9-22-13/h2-4,6-7,10,13H,5,8-9H2,1H3,(H,18,19). The highest BCUT2D eigenvalue weighted by molar-refractivity contribution is 7.15. The number of esters is 1. The van der Waals surface area contributed by atoms with E-state index in [2.05, 4.69) is 5.32 Å². The van der Waals surface area contributed by atoms with Crippen molar-refractivity contribution in [3.63, 3.8) is 0 Å². The highest BCUT2D eigenvalue weighted by Crippen LogP contribution is 2.36. The number of anilines is 1. The van der Waals surface area contributed by atoms with Crippen LogP contribution < -0.4 is 5.32 Å². The van der Waals surface area contributed by atoms with Gasteiger partial charge in [0.1, 0.15) is 16.7 Å². The summed E-state index contributed by atoms with van der Waals surface area (Å²) >= 11 is 1.31. The van der Waals surface area contributed by atoms with E-state index in [0.717, 1.165) is 17.5 Å². The number of amides is 1. The van der Waals surface area contributed by atoms with Crippen molar-refractivity contribution in [3.8, 4) is 11.1 Å². The van der Waals surface area contributed by atoms with Crippen molar-refractivity contribution in [2.45, 2.75) is 18.9 Å². The van der Waals surface area contributed by atoms with Crippen molar-refractivity contribution < 1.29 is 19.1 Å². The average Bonchev–Trinajstić information content (AvgIpc) is 3.25. The van der Waals surface area contributed by atoms with Gasteiger partial charge >= 0.3 is 5.97 Å². The summed E-state index contributed by atoms with van der Waals surface area (Å²) in [5.74, 6) is -0.679. The monoisotopic (exact) mass is 331 g/mol. The van der Waals surface area contributed by atoms with Crippen LogP contribution in [0.1, 0.15) is 23.2 Å². The third kappa shape index (κ3) is 3.28. The lowest BCUT2D eigenvalue weighted by atomic mass is 10.0. The van der Waals surface area contributed by atoms with Gasteiger partial charge in [0.15, 0.2) is 0 Å². The second-order valence-corrected chi connectivity index (χ2v) is 6.08. The van der Waals surface area contributed by atoms with Gasteiger partial charge in [-0.3, -0.25) is 4.79 Å². The van der Waals surface area contributed by atoms with E-state index in [1.807, 2.05) is 35.7 Å². The summed E-state index contributed by atoms with van der Waals surface area (Å²) < 4.78 is 10.3. The van der Waals surface area contributed by atoms with Crippen LogP contribution in [0.15, 0.2) is 35.7 Å². The zero-order chi connectivity index (χ0) is 16.2. The van der Waals surface area contributed by atoms with Gasteiger partial charge in [0.05, 0.1) is 7.11 Å². The topological polar surface area (TPSA) is 64.6 Å². The molecule has 0 saturated carbocycles. The Labute approximate surface area is 138 Å². The van der Waals surface area contributed by atoms with E-state index >= 15 is 0 Å². The normalized spacial score (nSPS) is 17.0. The van der Waals surface area contributed by atoms with Crippen LogP contribution in [-0.4, -0.2) is 31.7 Å². The van der Waals surface area contributed by atoms with E-state index in [9.17, 15) is 9.59 Å². The fraction of sp³-hybridized carbons (Fsp3) is 0.294. The lowest BCUT2D eigenvalue weighted by Gasteiger charge is -2.11. The number of thiophene rings is 1. The molecular formula is C17H17NO4S. The minimum Gasteiger partial charge on any atom is -0.465 e. The molecule has 2 heterocycles. The molecular weight excluding hydrogens is 314 g/mol.